The van der Waals surface area contributed by atoms with Gasteiger partial charge in [-0.2, -0.15) is 0 Å². The van der Waals surface area contributed by atoms with Crippen molar-refractivity contribution in [2.45, 2.75) is 32.2 Å². The molecular weight excluding hydrogens is 326 g/mol. The molecule has 0 saturated heterocycles. The summed E-state index contributed by atoms with van der Waals surface area (Å²) in [7, 11) is -2.11. The van der Waals surface area contributed by atoms with Crippen molar-refractivity contribution >= 4 is 15.8 Å². The van der Waals surface area contributed by atoms with Crippen LogP contribution >= 0.6 is 0 Å². The number of benzene rings is 2. The average molecular weight is 347 g/mol. The third-order valence-corrected chi connectivity index (χ3v) is 5.22. The second-order valence-corrected chi connectivity index (χ2v) is 7.43. The third kappa shape index (κ3) is 4.01. The first kappa shape index (κ1) is 18.2. The number of methoxy groups -OCH3 is 1. The van der Waals surface area contributed by atoms with Crippen LogP contribution in [-0.2, 0) is 16.6 Å². The summed E-state index contributed by atoms with van der Waals surface area (Å²) in [5.74, 6) is 0.550. The van der Waals surface area contributed by atoms with E-state index in [1.807, 2.05) is 26.0 Å². The zero-order chi connectivity index (χ0) is 17.9. The van der Waals surface area contributed by atoms with Gasteiger partial charge in [-0.25, -0.2) is 13.1 Å². The van der Waals surface area contributed by atoms with Crippen molar-refractivity contribution in [1.82, 2.24) is 4.72 Å². The van der Waals surface area contributed by atoms with Crippen LogP contribution in [-0.4, -0.2) is 21.3 Å². The van der Waals surface area contributed by atoms with Gasteiger partial charge in [0.1, 0.15) is 5.75 Å². The lowest BCUT2D eigenvalue weighted by Crippen LogP contribution is -2.24. The Morgan fingerprint density at radius 2 is 1.75 bits per heavy atom. The van der Waals surface area contributed by atoms with E-state index in [2.05, 4.69) is 4.72 Å². The largest absolute Gasteiger partial charge is 0.496 e. The first-order valence-corrected chi connectivity index (χ1v) is 8.97. The molecule has 2 aromatic carbocycles. The number of nitrogens with one attached hydrogen (secondary N) is 1. The zero-order valence-electron chi connectivity index (χ0n) is 14.2. The van der Waals surface area contributed by atoms with Crippen LogP contribution in [0.2, 0.25) is 0 Å². The molecule has 0 saturated carbocycles. The van der Waals surface area contributed by atoms with E-state index in [0.29, 0.717) is 11.3 Å². The zero-order valence-corrected chi connectivity index (χ0v) is 15.0. The van der Waals surface area contributed by atoms with Gasteiger partial charge in [-0.15, -0.1) is 0 Å². The van der Waals surface area contributed by atoms with Gasteiger partial charge in [0.2, 0.25) is 10.0 Å². The summed E-state index contributed by atoms with van der Waals surface area (Å²) in [6.45, 7) is 5.45. The number of sulfonamides is 1. The van der Waals surface area contributed by atoms with Gasteiger partial charge in [-0.05, 0) is 50.1 Å². The maximum Gasteiger partial charge on any atom is 0.240 e. The predicted octanol–water partition coefficient (Wildman–Crippen LogP) is 2.99. The van der Waals surface area contributed by atoms with Crippen LogP contribution in [0.4, 0.5) is 0 Å². The maximum absolute atomic E-state index is 12.4. The van der Waals surface area contributed by atoms with Crippen molar-refractivity contribution < 1.29 is 17.9 Å². The van der Waals surface area contributed by atoms with Gasteiger partial charge in [0, 0.05) is 17.7 Å². The van der Waals surface area contributed by atoms with E-state index in [1.165, 1.54) is 31.2 Å². The summed E-state index contributed by atoms with van der Waals surface area (Å²) in [5.41, 5.74) is 3.29. The highest BCUT2D eigenvalue weighted by Crippen LogP contribution is 2.24. The van der Waals surface area contributed by atoms with Crippen LogP contribution in [0.1, 0.15) is 34.0 Å². The van der Waals surface area contributed by atoms with Gasteiger partial charge in [0.05, 0.1) is 12.0 Å². The number of Topliss-reactive ketones (excluding diaryl/α,β-unsaturated/α-hetero) is 1. The van der Waals surface area contributed by atoms with Gasteiger partial charge < -0.3 is 4.74 Å². The molecule has 0 aliphatic carbocycles. The molecule has 24 heavy (non-hydrogen) atoms. The van der Waals surface area contributed by atoms with E-state index in [-0.39, 0.29) is 17.2 Å². The number of ketones is 1. The second kappa shape index (κ2) is 7.15. The Balaban J connectivity index is 2.23. The van der Waals surface area contributed by atoms with E-state index < -0.39 is 10.0 Å². The van der Waals surface area contributed by atoms with Crippen molar-refractivity contribution in [3.63, 3.8) is 0 Å². The van der Waals surface area contributed by atoms with Gasteiger partial charge in [0.25, 0.3) is 0 Å². The number of carbonyl (C=O) groups is 1. The summed E-state index contributed by atoms with van der Waals surface area (Å²) in [4.78, 5) is 11.4. The fourth-order valence-electron chi connectivity index (χ4n) is 2.49. The average Bonchev–Trinajstić information content (AvgIpc) is 2.53. The molecule has 2 aromatic rings. The fraction of sp³-hybridized carbons (Fsp3) is 0.278. The molecule has 0 atom stereocenters. The molecule has 5 nitrogen and oxygen atoms in total. The SMILES string of the molecule is COc1cc(C)cc(C)c1CNS(=O)(=O)c1ccc(C(C)=O)cc1. The highest BCUT2D eigenvalue weighted by atomic mass is 32.2. The lowest BCUT2D eigenvalue weighted by Gasteiger charge is -2.14. The van der Waals surface area contributed by atoms with Crippen LogP contribution in [0.15, 0.2) is 41.3 Å². The molecule has 128 valence electrons. The van der Waals surface area contributed by atoms with Gasteiger partial charge in [0.15, 0.2) is 5.78 Å². The number of aryl methyl sites for hydroxylation is 2. The quantitative estimate of drug-likeness (QED) is 0.816. The van der Waals surface area contributed by atoms with E-state index >= 15 is 0 Å². The summed E-state index contributed by atoms with van der Waals surface area (Å²) < 4.78 is 32.8. The number of carbonyl (C=O) groups excluding carboxylic acids is 1. The first-order chi connectivity index (χ1) is 11.2. The molecule has 0 bridgehead atoms. The minimum atomic E-state index is -3.67. The van der Waals surface area contributed by atoms with E-state index in [0.717, 1.165) is 16.7 Å². The molecule has 0 amide bonds. The highest BCUT2D eigenvalue weighted by molar-refractivity contribution is 7.89. The van der Waals surface area contributed by atoms with E-state index in [9.17, 15) is 13.2 Å². The van der Waals surface area contributed by atoms with Crippen molar-refractivity contribution in [3.8, 4) is 5.75 Å². The summed E-state index contributed by atoms with van der Waals surface area (Å²) in [5, 5.41) is 0. The second-order valence-electron chi connectivity index (χ2n) is 5.67. The van der Waals surface area contributed by atoms with Crippen molar-refractivity contribution in [1.29, 1.82) is 0 Å². The van der Waals surface area contributed by atoms with Crippen molar-refractivity contribution in [2.75, 3.05) is 7.11 Å². The Hall–Kier alpha value is -2.18. The van der Waals surface area contributed by atoms with E-state index in [1.54, 1.807) is 7.11 Å². The molecular formula is C18H21NO4S. The summed E-state index contributed by atoms with van der Waals surface area (Å²) >= 11 is 0. The Bertz CT molecular complexity index is 855. The molecule has 0 unspecified atom stereocenters. The van der Waals surface area contributed by atoms with Crippen LogP contribution in [0, 0.1) is 13.8 Å². The van der Waals surface area contributed by atoms with Gasteiger partial charge >= 0.3 is 0 Å². The van der Waals surface area contributed by atoms with Crippen LogP contribution < -0.4 is 9.46 Å². The Morgan fingerprint density at radius 3 is 2.29 bits per heavy atom. The summed E-state index contributed by atoms with van der Waals surface area (Å²) in [6, 6.07) is 9.73. The van der Waals surface area contributed by atoms with Crippen LogP contribution in [0.3, 0.4) is 0 Å². The molecule has 0 heterocycles. The van der Waals surface area contributed by atoms with Gasteiger partial charge in [-0.3, -0.25) is 4.79 Å². The van der Waals surface area contributed by atoms with Crippen molar-refractivity contribution in [2.24, 2.45) is 0 Å². The number of hydrogen-bond acceptors (Lipinski definition) is 4. The normalized spacial score (nSPS) is 11.3. The highest BCUT2D eigenvalue weighted by Gasteiger charge is 2.16. The molecule has 1 N–H and O–H groups in total. The molecule has 0 radical (unpaired) electrons. The molecule has 2 rings (SSSR count). The maximum atomic E-state index is 12.4. The number of rotatable bonds is 6. The standard InChI is InChI=1S/C18H21NO4S/c1-12-9-13(2)17(18(10-12)23-4)11-19-24(21,22)16-7-5-15(6-8-16)14(3)20/h5-10,19H,11H2,1-4H3. The topological polar surface area (TPSA) is 72.5 Å². The number of ether oxygens (including phenoxy) is 1. The Labute approximate surface area is 142 Å². The molecule has 0 aromatic heterocycles. The first-order valence-electron chi connectivity index (χ1n) is 7.49. The minimum Gasteiger partial charge on any atom is -0.496 e. The molecule has 0 aliphatic rings. The molecule has 0 fully saturated rings. The smallest absolute Gasteiger partial charge is 0.240 e. The number of hydrogen-bond donors (Lipinski definition) is 1. The Morgan fingerprint density at radius 1 is 1.12 bits per heavy atom. The summed E-state index contributed by atoms with van der Waals surface area (Å²) in [6.07, 6.45) is 0. The van der Waals surface area contributed by atoms with Gasteiger partial charge in [-0.1, -0.05) is 18.2 Å². The lowest BCUT2D eigenvalue weighted by atomic mass is 10.0. The molecule has 6 heteroatoms. The van der Waals surface area contributed by atoms with E-state index in [4.69, 9.17) is 4.74 Å². The molecule has 0 aliphatic heterocycles. The third-order valence-electron chi connectivity index (χ3n) is 3.81. The fourth-order valence-corrected chi connectivity index (χ4v) is 3.48. The Kier molecular flexibility index (Phi) is 5.41. The monoisotopic (exact) mass is 347 g/mol. The predicted molar refractivity (Wildman–Crippen MR) is 92.9 cm³/mol. The van der Waals surface area contributed by atoms with Crippen LogP contribution in [0.25, 0.3) is 0 Å². The molecule has 0 spiro atoms. The van der Waals surface area contributed by atoms with Crippen molar-refractivity contribution in [3.05, 3.63) is 58.7 Å². The van der Waals surface area contributed by atoms with Crippen LogP contribution in [0.5, 0.6) is 5.75 Å². The minimum absolute atomic E-state index is 0.105. The lowest BCUT2D eigenvalue weighted by molar-refractivity contribution is 0.101.